The highest BCUT2D eigenvalue weighted by Gasteiger charge is 2.27. The van der Waals surface area contributed by atoms with Crippen LogP contribution in [0, 0.1) is 5.92 Å². The number of rotatable bonds is 4. The zero-order valence-corrected chi connectivity index (χ0v) is 11.2. The lowest BCUT2D eigenvalue weighted by Gasteiger charge is -2.03. The molecular weight excluding hydrogens is 234 g/mol. The van der Waals surface area contributed by atoms with Gasteiger partial charge in [-0.15, -0.1) is 11.3 Å². The van der Waals surface area contributed by atoms with Crippen LogP contribution in [0.2, 0.25) is 0 Å². The van der Waals surface area contributed by atoms with Gasteiger partial charge in [0.25, 0.3) is 0 Å². The minimum absolute atomic E-state index is 0.460. The minimum Gasteiger partial charge on any atom is -0.477 e. The molecule has 0 aromatic carbocycles. The lowest BCUT2D eigenvalue weighted by Crippen LogP contribution is -1.98. The number of aromatic nitrogens is 1. The van der Waals surface area contributed by atoms with Gasteiger partial charge in [-0.05, 0) is 25.2 Å². The molecule has 2 rings (SSSR count). The summed E-state index contributed by atoms with van der Waals surface area (Å²) >= 11 is 1.40. The molecule has 0 spiro atoms. The summed E-state index contributed by atoms with van der Waals surface area (Å²) in [5, 5.41) is 10.2. The first kappa shape index (κ1) is 12.6. The summed E-state index contributed by atoms with van der Waals surface area (Å²) in [7, 11) is 0. The molecule has 17 heavy (non-hydrogen) atoms. The Balaban J connectivity index is 2.23. The van der Waals surface area contributed by atoms with Crippen LogP contribution in [0.1, 0.15) is 65.8 Å². The maximum absolute atomic E-state index is 11.2. The van der Waals surface area contributed by atoms with Gasteiger partial charge in [-0.2, -0.15) is 0 Å². The van der Waals surface area contributed by atoms with E-state index in [1.54, 1.807) is 0 Å². The molecule has 94 valence electrons. The highest BCUT2D eigenvalue weighted by atomic mass is 32.1. The van der Waals surface area contributed by atoms with E-state index in [-0.39, 0.29) is 0 Å². The van der Waals surface area contributed by atoms with Crippen LogP contribution >= 0.6 is 11.3 Å². The van der Waals surface area contributed by atoms with E-state index in [0.29, 0.717) is 10.8 Å². The van der Waals surface area contributed by atoms with Crippen molar-refractivity contribution in [3.63, 3.8) is 0 Å². The number of hydrogen-bond donors (Lipinski definition) is 1. The number of nitrogens with zero attached hydrogens (tertiary/aromatic N) is 1. The van der Waals surface area contributed by atoms with E-state index in [0.717, 1.165) is 35.9 Å². The van der Waals surface area contributed by atoms with Crippen LogP contribution in [-0.2, 0) is 6.42 Å². The van der Waals surface area contributed by atoms with Crippen molar-refractivity contribution in [1.82, 2.24) is 4.98 Å². The van der Waals surface area contributed by atoms with E-state index in [9.17, 15) is 9.90 Å². The highest BCUT2D eigenvalue weighted by molar-refractivity contribution is 7.13. The molecule has 0 amide bonds. The molecule has 0 radical (unpaired) electrons. The van der Waals surface area contributed by atoms with Crippen LogP contribution in [0.3, 0.4) is 0 Å². The maximum atomic E-state index is 11.2. The largest absolute Gasteiger partial charge is 0.477 e. The number of thiazole rings is 1. The van der Waals surface area contributed by atoms with Crippen LogP contribution in [0.4, 0.5) is 0 Å². The van der Waals surface area contributed by atoms with Crippen LogP contribution < -0.4 is 0 Å². The third-order valence-electron chi connectivity index (χ3n) is 3.44. The lowest BCUT2D eigenvalue weighted by molar-refractivity contribution is 0.0700. The second-order valence-electron chi connectivity index (χ2n) is 5.00. The molecule has 0 bridgehead atoms. The molecule has 3 nitrogen and oxygen atoms in total. The second-order valence-corrected chi connectivity index (χ2v) is 6.03. The van der Waals surface area contributed by atoms with Crippen LogP contribution in [-0.4, -0.2) is 16.1 Å². The first-order valence-electron chi connectivity index (χ1n) is 6.34. The third-order valence-corrected chi connectivity index (χ3v) is 4.69. The van der Waals surface area contributed by atoms with Crippen molar-refractivity contribution in [2.75, 3.05) is 0 Å². The Kier molecular flexibility index (Phi) is 3.82. The monoisotopic (exact) mass is 253 g/mol. The lowest BCUT2D eigenvalue weighted by atomic mass is 10.1. The Bertz CT molecular complexity index is 414. The van der Waals surface area contributed by atoms with Crippen molar-refractivity contribution in [1.29, 1.82) is 0 Å². The molecule has 1 aromatic heterocycles. The van der Waals surface area contributed by atoms with Gasteiger partial charge in [0.1, 0.15) is 4.88 Å². The van der Waals surface area contributed by atoms with Crippen molar-refractivity contribution >= 4 is 17.3 Å². The molecule has 1 fully saturated rings. The number of hydrogen-bond acceptors (Lipinski definition) is 3. The average molecular weight is 253 g/mol. The number of carboxylic acid groups (broad SMARTS) is 1. The quantitative estimate of drug-likeness (QED) is 0.890. The van der Waals surface area contributed by atoms with Gasteiger partial charge in [-0.25, -0.2) is 9.78 Å². The second kappa shape index (κ2) is 5.17. The number of aryl methyl sites for hydroxylation is 1. The Labute approximate surface area is 106 Å². The molecule has 4 heteroatoms. The summed E-state index contributed by atoms with van der Waals surface area (Å²) in [5.74, 6) is 0.439. The van der Waals surface area contributed by atoms with Crippen molar-refractivity contribution in [3.8, 4) is 0 Å². The first-order chi connectivity index (χ1) is 8.11. The van der Waals surface area contributed by atoms with Gasteiger partial charge in [0.15, 0.2) is 0 Å². The normalized spacial score (nSPS) is 24.1. The summed E-state index contributed by atoms with van der Waals surface area (Å²) in [6.07, 6.45) is 5.30. The summed E-state index contributed by atoms with van der Waals surface area (Å²) < 4.78 is 0. The molecule has 1 aromatic rings. The molecule has 1 aliphatic carbocycles. The Morgan fingerprint density at radius 1 is 1.53 bits per heavy atom. The zero-order valence-electron chi connectivity index (χ0n) is 10.4. The van der Waals surface area contributed by atoms with Gasteiger partial charge in [0.05, 0.1) is 10.7 Å². The van der Waals surface area contributed by atoms with Gasteiger partial charge in [-0.1, -0.05) is 26.7 Å². The topological polar surface area (TPSA) is 50.2 Å². The van der Waals surface area contributed by atoms with Crippen LogP contribution in [0.5, 0.6) is 0 Å². The van der Waals surface area contributed by atoms with Crippen molar-refractivity contribution in [2.45, 2.75) is 51.9 Å². The highest BCUT2D eigenvalue weighted by Crippen LogP contribution is 2.40. The molecule has 1 saturated carbocycles. The molecule has 0 saturated heterocycles. The smallest absolute Gasteiger partial charge is 0.347 e. The number of carbonyl (C=O) groups is 1. The first-order valence-corrected chi connectivity index (χ1v) is 7.16. The van der Waals surface area contributed by atoms with E-state index in [4.69, 9.17) is 0 Å². The predicted octanol–water partition coefficient (Wildman–Crippen LogP) is 3.70. The van der Waals surface area contributed by atoms with Crippen LogP contribution in [0.15, 0.2) is 0 Å². The molecule has 0 aliphatic heterocycles. The van der Waals surface area contributed by atoms with E-state index in [1.165, 1.54) is 24.2 Å². The summed E-state index contributed by atoms with van der Waals surface area (Å²) in [5.41, 5.74) is 0.791. The predicted molar refractivity (Wildman–Crippen MR) is 68.8 cm³/mol. The van der Waals surface area contributed by atoms with Gasteiger partial charge < -0.3 is 5.11 Å². The van der Waals surface area contributed by atoms with Crippen molar-refractivity contribution < 1.29 is 9.90 Å². The average Bonchev–Trinajstić information content (AvgIpc) is 2.85. The van der Waals surface area contributed by atoms with E-state index in [2.05, 4.69) is 18.8 Å². The number of aromatic carboxylic acids is 1. The van der Waals surface area contributed by atoms with Gasteiger partial charge in [0.2, 0.25) is 0 Å². The summed E-state index contributed by atoms with van der Waals surface area (Å²) in [6.45, 7) is 4.32. The standard InChI is InChI=1S/C13H19NO2S/c1-3-4-10-11(13(15)16)17-12(14-10)9-6-5-8(2)7-9/h8-9H,3-7H2,1-2H3,(H,15,16). The molecule has 2 unspecified atom stereocenters. The molecular formula is C13H19NO2S. The fraction of sp³-hybridized carbons (Fsp3) is 0.692. The SMILES string of the molecule is CCCc1nc(C2CCC(C)C2)sc1C(=O)O. The maximum Gasteiger partial charge on any atom is 0.347 e. The Hall–Kier alpha value is -0.900. The van der Waals surface area contributed by atoms with Crippen molar-refractivity contribution in [2.24, 2.45) is 5.92 Å². The summed E-state index contributed by atoms with van der Waals surface area (Å²) in [6, 6.07) is 0. The van der Waals surface area contributed by atoms with Crippen LogP contribution in [0.25, 0.3) is 0 Å². The van der Waals surface area contributed by atoms with Gasteiger partial charge in [0, 0.05) is 5.92 Å². The molecule has 2 atom stereocenters. The van der Waals surface area contributed by atoms with E-state index < -0.39 is 5.97 Å². The third kappa shape index (κ3) is 2.68. The fourth-order valence-electron chi connectivity index (χ4n) is 2.55. The molecule has 1 N–H and O–H groups in total. The Morgan fingerprint density at radius 3 is 2.82 bits per heavy atom. The fourth-order valence-corrected chi connectivity index (χ4v) is 3.65. The zero-order chi connectivity index (χ0) is 12.4. The molecule has 1 heterocycles. The molecule has 1 aliphatic rings. The minimum atomic E-state index is -0.816. The van der Waals surface area contributed by atoms with E-state index in [1.807, 2.05) is 0 Å². The Morgan fingerprint density at radius 2 is 2.29 bits per heavy atom. The van der Waals surface area contributed by atoms with E-state index >= 15 is 0 Å². The number of carboxylic acids is 1. The van der Waals surface area contributed by atoms with Gasteiger partial charge >= 0.3 is 5.97 Å². The van der Waals surface area contributed by atoms with Crippen molar-refractivity contribution in [3.05, 3.63) is 15.6 Å². The summed E-state index contributed by atoms with van der Waals surface area (Å²) in [4.78, 5) is 16.2. The van der Waals surface area contributed by atoms with Gasteiger partial charge in [-0.3, -0.25) is 0 Å².